The minimum Gasteiger partial charge on any atom is -0.338 e. The van der Waals surface area contributed by atoms with Gasteiger partial charge >= 0.3 is 6.03 Å². The number of carbonyl (C=O) groups is 1. The Hall–Kier alpha value is -1.51. The highest BCUT2D eigenvalue weighted by molar-refractivity contribution is 5.93. The Labute approximate surface area is 103 Å². The van der Waals surface area contributed by atoms with E-state index in [0.29, 0.717) is 5.92 Å². The van der Waals surface area contributed by atoms with Gasteiger partial charge in [0.05, 0.1) is 0 Å². The number of amides is 2. The maximum absolute atomic E-state index is 12.1. The molecule has 0 saturated carbocycles. The monoisotopic (exact) mass is 232 g/mol. The predicted molar refractivity (Wildman–Crippen MR) is 70.3 cm³/mol. The molecule has 1 atom stereocenters. The first-order chi connectivity index (χ1) is 8.22. The molecule has 2 rings (SSSR count). The summed E-state index contributed by atoms with van der Waals surface area (Å²) in [5, 5.41) is 2.95. The van der Waals surface area contributed by atoms with Crippen molar-refractivity contribution >= 4 is 11.7 Å². The van der Waals surface area contributed by atoms with Gasteiger partial charge in [0.25, 0.3) is 0 Å². The summed E-state index contributed by atoms with van der Waals surface area (Å²) in [5.41, 5.74) is 2.34. The molecule has 1 aromatic rings. The van der Waals surface area contributed by atoms with E-state index in [1.54, 1.807) is 0 Å². The first-order valence-corrected chi connectivity index (χ1v) is 6.35. The lowest BCUT2D eigenvalue weighted by Gasteiger charge is -2.33. The number of nitrogens with zero attached hydrogens (tertiary/aromatic N) is 1. The maximum atomic E-state index is 12.1. The molecule has 0 spiro atoms. The number of benzene rings is 1. The lowest BCUT2D eigenvalue weighted by molar-refractivity contribution is 0.244. The zero-order chi connectivity index (χ0) is 12.3. The van der Waals surface area contributed by atoms with Gasteiger partial charge in [0.1, 0.15) is 0 Å². The van der Waals surface area contributed by atoms with Crippen molar-refractivity contribution in [1.82, 2.24) is 5.32 Å². The van der Waals surface area contributed by atoms with E-state index in [4.69, 9.17) is 0 Å². The van der Waals surface area contributed by atoms with Crippen molar-refractivity contribution < 1.29 is 4.79 Å². The number of rotatable bonds is 2. The Morgan fingerprint density at radius 1 is 1.47 bits per heavy atom. The molecular weight excluding hydrogens is 212 g/mol. The standard InChI is InChI=1S/C14H20N2O/c1-3-8-15-14(17)16-10-11(2)9-12-6-4-5-7-13(12)16/h4-7,11H,3,8-10H2,1-2H3,(H,15,17). The molecule has 1 heterocycles. The van der Waals surface area contributed by atoms with Crippen LogP contribution in [0.3, 0.4) is 0 Å². The summed E-state index contributed by atoms with van der Waals surface area (Å²) in [6.45, 7) is 5.81. The van der Waals surface area contributed by atoms with E-state index in [9.17, 15) is 4.79 Å². The summed E-state index contributed by atoms with van der Waals surface area (Å²) in [6, 6.07) is 8.22. The molecular formula is C14H20N2O. The normalized spacial score (nSPS) is 18.7. The van der Waals surface area contributed by atoms with Crippen LogP contribution in [0.5, 0.6) is 0 Å². The average molecular weight is 232 g/mol. The van der Waals surface area contributed by atoms with E-state index in [1.807, 2.05) is 23.1 Å². The molecule has 0 aliphatic carbocycles. The van der Waals surface area contributed by atoms with Gasteiger partial charge in [0, 0.05) is 18.8 Å². The van der Waals surface area contributed by atoms with Crippen LogP contribution in [0.1, 0.15) is 25.8 Å². The van der Waals surface area contributed by atoms with Crippen molar-refractivity contribution in [1.29, 1.82) is 0 Å². The van der Waals surface area contributed by atoms with Gasteiger partial charge in [-0.25, -0.2) is 4.79 Å². The van der Waals surface area contributed by atoms with Crippen molar-refractivity contribution in [2.24, 2.45) is 5.92 Å². The summed E-state index contributed by atoms with van der Waals surface area (Å²) in [7, 11) is 0. The van der Waals surface area contributed by atoms with Crippen LogP contribution in [0.25, 0.3) is 0 Å². The van der Waals surface area contributed by atoms with Crippen LogP contribution in [-0.2, 0) is 6.42 Å². The summed E-state index contributed by atoms with van der Waals surface area (Å²) in [6.07, 6.45) is 2.03. The fourth-order valence-electron chi connectivity index (χ4n) is 2.32. The fraction of sp³-hybridized carbons (Fsp3) is 0.500. The van der Waals surface area contributed by atoms with Crippen LogP contribution in [-0.4, -0.2) is 19.1 Å². The van der Waals surface area contributed by atoms with Gasteiger partial charge in [-0.2, -0.15) is 0 Å². The van der Waals surface area contributed by atoms with E-state index in [1.165, 1.54) is 5.56 Å². The molecule has 92 valence electrons. The van der Waals surface area contributed by atoms with Crippen LogP contribution in [0.4, 0.5) is 10.5 Å². The number of nitrogens with one attached hydrogen (secondary N) is 1. The zero-order valence-corrected chi connectivity index (χ0v) is 10.6. The molecule has 0 radical (unpaired) electrons. The fourth-order valence-corrected chi connectivity index (χ4v) is 2.32. The summed E-state index contributed by atoms with van der Waals surface area (Å²) < 4.78 is 0. The average Bonchev–Trinajstić information content (AvgIpc) is 2.34. The van der Waals surface area contributed by atoms with Crippen molar-refractivity contribution in [3.05, 3.63) is 29.8 Å². The molecule has 1 aromatic carbocycles. The van der Waals surface area contributed by atoms with Crippen molar-refractivity contribution in [3.8, 4) is 0 Å². The van der Waals surface area contributed by atoms with Gasteiger partial charge in [0.15, 0.2) is 0 Å². The van der Waals surface area contributed by atoms with Crippen LogP contribution in [0.2, 0.25) is 0 Å². The van der Waals surface area contributed by atoms with E-state index in [2.05, 4.69) is 25.2 Å². The lowest BCUT2D eigenvalue weighted by Crippen LogP contribution is -2.45. The van der Waals surface area contributed by atoms with Gasteiger partial charge in [0.2, 0.25) is 0 Å². The minimum absolute atomic E-state index is 0.0332. The topological polar surface area (TPSA) is 32.3 Å². The number of hydrogen-bond acceptors (Lipinski definition) is 1. The van der Waals surface area contributed by atoms with Crippen LogP contribution < -0.4 is 10.2 Å². The van der Waals surface area contributed by atoms with Crippen LogP contribution in [0.15, 0.2) is 24.3 Å². The first-order valence-electron chi connectivity index (χ1n) is 6.35. The van der Waals surface area contributed by atoms with Gasteiger partial charge < -0.3 is 5.32 Å². The third-order valence-electron chi connectivity index (χ3n) is 3.12. The number of urea groups is 1. The molecule has 3 nitrogen and oxygen atoms in total. The molecule has 3 heteroatoms. The Morgan fingerprint density at radius 3 is 3.00 bits per heavy atom. The molecule has 2 amide bonds. The van der Waals surface area contributed by atoms with E-state index in [-0.39, 0.29) is 6.03 Å². The molecule has 1 unspecified atom stereocenters. The third-order valence-corrected chi connectivity index (χ3v) is 3.12. The number of carbonyl (C=O) groups excluding carboxylic acids is 1. The van der Waals surface area contributed by atoms with Gasteiger partial charge in [-0.1, -0.05) is 32.0 Å². The maximum Gasteiger partial charge on any atom is 0.321 e. The Bertz CT molecular complexity index is 403. The Morgan fingerprint density at radius 2 is 2.24 bits per heavy atom. The van der Waals surface area contributed by atoms with Crippen LogP contribution in [0, 0.1) is 5.92 Å². The third kappa shape index (κ3) is 2.60. The Kier molecular flexibility index (Phi) is 3.67. The quantitative estimate of drug-likeness (QED) is 0.835. The van der Waals surface area contributed by atoms with Crippen molar-refractivity contribution in [3.63, 3.8) is 0 Å². The Balaban J connectivity index is 2.20. The molecule has 1 N–H and O–H groups in total. The molecule has 0 bridgehead atoms. The summed E-state index contributed by atoms with van der Waals surface area (Å²) in [5.74, 6) is 0.525. The number of fused-ring (bicyclic) bond motifs is 1. The van der Waals surface area contributed by atoms with Crippen molar-refractivity contribution in [2.45, 2.75) is 26.7 Å². The van der Waals surface area contributed by atoms with Gasteiger partial charge in [-0.05, 0) is 30.4 Å². The zero-order valence-electron chi connectivity index (χ0n) is 10.6. The second-order valence-electron chi connectivity index (χ2n) is 4.78. The highest BCUT2D eigenvalue weighted by Crippen LogP contribution is 2.29. The van der Waals surface area contributed by atoms with E-state index >= 15 is 0 Å². The van der Waals surface area contributed by atoms with Gasteiger partial charge in [-0.3, -0.25) is 4.90 Å². The SMILES string of the molecule is CCCNC(=O)N1CC(C)Cc2ccccc21. The minimum atomic E-state index is 0.0332. The molecule has 0 aromatic heterocycles. The van der Waals surface area contributed by atoms with E-state index in [0.717, 1.165) is 31.6 Å². The van der Waals surface area contributed by atoms with Gasteiger partial charge in [-0.15, -0.1) is 0 Å². The predicted octanol–water partition coefficient (Wildman–Crippen LogP) is 2.80. The second-order valence-corrected chi connectivity index (χ2v) is 4.78. The smallest absolute Gasteiger partial charge is 0.321 e. The lowest BCUT2D eigenvalue weighted by atomic mass is 9.94. The molecule has 0 saturated heterocycles. The highest BCUT2D eigenvalue weighted by atomic mass is 16.2. The number of hydrogen-bond donors (Lipinski definition) is 1. The summed E-state index contributed by atoms with van der Waals surface area (Å²) in [4.78, 5) is 14.0. The highest BCUT2D eigenvalue weighted by Gasteiger charge is 2.25. The molecule has 1 aliphatic heterocycles. The number of para-hydroxylation sites is 1. The summed E-state index contributed by atoms with van der Waals surface area (Å²) >= 11 is 0. The molecule has 1 aliphatic rings. The van der Waals surface area contributed by atoms with Crippen LogP contribution >= 0.6 is 0 Å². The second kappa shape index (κ2) is 5.21. The largest absolute Gasteiger partial charge is 0.338 e. The van der Waals surface area contributed by atoms with Crippen molar-refractivity contribution in [2.75, 3.05) is 18.0 Å². The number of anilines is 1. The first kappa shape index (κ1) is 12.0. The van der Waals surface area contributed by atoms with E-state index < -0.39 is 0 Å². The molecule has 17 heavy (non-hydrogen) atoms. The molecule has 0 fully saturated rings.